The minimum atomic E-state index is -4.89. The van der Waals surface area contributed by atoms with Crippen molar-refractivity contribution < 1.29 is 37.0 Å². The van der Waals surface area contributed by atoms with E-state index in [-0.39, 0.29) is 29.1 Å². The van der Waals surface area contributed by atoms with Crippen LogP contribution in [0.5, 0.6) is 5.75 Å². The summed E-state index contributed by atoms with van der Waals surface area (Å²) < 4.78 is 55.5. The van der Waals surface area contributed by atoms with E-state index in [1.807, 2.05) is 6.07 Å². The Morgan fingerprint density at radius 2 is 1.81 bits per heavy atom. The summed E-state index contributed by atoms with van der Waals surface area (Å²) in [6.45, 7) is 12.8. The maximum atomic E-state index is 13.3. The van der Waals surface area contributed by atoms with Crippen molar-refractivity contribution in [1.29, 1.82) is 0 Å². The summed E-state index contributed by atoms with van der Waals surface area (Å²) in [5.41, 5.74) is 1.97. The number of halogens is 3. The number of nitrogens with zero attached hydrogens (tertiary/aromatic N) is 1. The summed E-state index contributed by atoms with van der Waals surface area (Å²) in [6, 6.07) is 8.05. The molecule has 1 amide bonds. The maximum Gasteiger partial charge on any atom is 0.573 e. The Kier molecular flexibility index (Phi) is 6.49. The first kappa shape index (κ1) is 26.8. The van der Waals surface area contributed by atoms with Gasteiger partial charge < -0.3 is 14.2 Å². The highest BCUT2D eigenvalue weighted by atomic mass is 19.4. The molecule has 2 aromatic carbocycles. The highest BCUT2D eigenvalue weighted by molar-refractivity contribution is 5.93. The molecule has 0 aromatic heterocycles. The van der Waals surface area contributed by atoms with Gasteiger partial charge in [-0.15, -0.1) is 13.2 Å². The summed E-state index contributed by atoms with van der Waals surface area (Å²) in [5, 5.41) is 0. The van der Waals surface area contributed by atoms with E-state index in [1.165, 1.54) is 11.0 Å². The Hall–Kier alpha value is -3.23. The van der Waals surface area contributed by atoms with Gasteiger partial charge in [0.25, 0.3) is 0 Å². The summed E-state index contributed by atoms with van der Waals surface area (Å²) >= 11 is 0. The molecule has 1 heterocycles. The predicted octanol–water partition coefficient (Wildman–Crippen LogP) is 7.22. The van der Waals surface area contributed by atoms with Crippen LogP contribution in [0, 0.1) is 12.8 Å². The average molecular weight is 520 g/mol. The number of carbonyl (C=O) groups excluding carboxylic acids is 2. The molecule has 37 heavy (non-hydrogen) atoms. The van der Waals surface area contributed by atoms with Crippen LogP contribution in [-0.4, -0.2) is 30.6 Å². The van der Waals surface area contributed by atoms with Gasteiger partial charge >= 0.3 is 18.4 Å². The molecule has 0 spiro atoms. The number of ether oxygens (including phenoxy) is 3. The van der Waals surface area contributed by atoms with Crippen LogP contribution in [0.4, 0.5) is 23.7 Å². The fraction of sp³-hybridized carbons (Fsp3) is 0.500. The minimum absolute atomic E-state index is 0.160. The molecule has 0 bridgehead atoms. The van der Waals surface area contributed by atoms with E-state index >= 15 is 0 Å². The van der Waals surface area contributed by atoms with Gasteiger partial charge in [-0.05, 0) is 102 Å². The van der Waals surface area contributed by atoms with Crippen molar-refractivity contribution in [2.75, 3.05) is 11.4 Å². The van der Waals surface area contributed by atoms with Gasteiger partial charge in [-0.3, -0.25) is 9.69 Å². The molecule has 0 N–H and O–H groups in total. The molecule has 1 aliphatic heterocycles. The zero-order valence-corrected chi connectivity index (χ0v) is 22.1. The fourth-order valence-electron chi connectivity index (χ4n) is 4.82. The number of carbonyl (C=O) groups is 2. The van der Waals surface area contributed by atoms with Gasteiger partial charge in [0.1, 0.15) is 17.0 Å². The van der Waals surface area contributed by atoms with Crippen LogP contribution in [0.2, 0.25) is 0 Å². The number of hydrogen-bond acceptors (Lipinski definition) is 5. The molecule has 1 fully saturated rings. The third-order valence-electron chi connectivity index (χ3n) is 6.61. The molecule has 2 unspecified atom stereocenters. The van der Waals surface area contributed by atoms with Crippen molar-refractivity contribution in [2.24, 2.45) is 5.92 Å². The highest BCUT2D eigenvalue weighted by Gasteiger charge is 2.47. The van der Waals surface area contributed by atoms with Crippen LogP contribution in [0.3, 0.4) is 0 Å². The van der Waals surface area contributed by atoms with Crippen LogP contribution < -0.4 is 9.64 Å². The average Bonchev–Trinajstić information content (AvgIpc) is 3.53. The number of esters is 1. The van der Waals surface area contributed by atoms with Gasteiger partial charge in [0.15, 0.2) is 0 Å². The molecule has 2 atom stereocenters. The Morgan fingerprint density at radius 1 is 1.14 bits per heavy atom. The van der Waals surface area contributed by atoms with Crippen molar-refractivity contribution in [2.45, 2.75) is 78.4 Å². The molecular weight excluding hydrogens is 487 g/mol. The zero-order chi connectivity index (χ0) is 27.5. The third kappa shape index (κ3) is 5.55. The Bertz CT molecular complexity index is 1250. The molecule has 200 valence electrons. The van der Waals surface area contributed by atoms with E-state index < -0.39 is 23.7 Å². The van der Waals surface area contributed by atoms with Crippen LogP contribution in [0.25, 0.3) is 11.1 Å². The number of amides is 1. The molecule has 6 nitrogen and oxygen atoms in total. The zero-order valence-electron chi connectivity index (χ0n) is 22.1. The smallest absolute Gasteiger partial charge is 0.460 e. The summed E-state index contributed by atoms with van der Waals surface area (Å²) in [7, 11) is 0. The first-order valence-corrected chi connectivity index (χ1v) is 12.3. The van der Waals surface area contributed by atoms with Gasteiger partial charge in [-0.1, -0.05) is 6.07 Å². The van der Waals surface area contributed by atoms with E-state index in [0.29, 0.717) is 29.8 Å². The van der Waals surface area contributed by atoms with Crippen molar-refractivity contribution >= 4 is 17.7 Å². The third-order valence-corrected chi connectivity index (χ3v) is 6.61. The first-order chi connectivity index (χ1) is 17.0. The fourth-order valence-corrected chi connectivity index (χ4v) is 4.82. The summed E-state index contributed by atoms with van der Waals surface area (Å²) in [5.74, 6) is -1.18. The number of fused-ring (bicyclic) bond motifs is 1. The quantitative estimate of drug-likeness (QED) is 0.390. The Labute approximate surface area is 214 Å². The lowest BCUT2D eigenvalue weighted by atomic mass is 9.87. The standard InChI is InChI=1S/C28H32F3NO5/c1-8-32-22-14-17(15(2)11-21(22)27(6,7)37-25(32)34)19-12-16(9-10-23(19)35-28(29,30)31)18-13-20(18)24(33)36-26(3,4)5/h9-12,14,18,20H,8,13H2,1-7H3. The predicted molar refractivity (Wildman–Crippen MR) is 133 cm³/mol. The number of alkyl halides is 3. The van der Waals surface area contributed by atoms with Gasteiger partial charge in [0, 0.05) is 17.7 Å². The Morgan fingerprint density at radius 3 is 2.41 bits per heavy atom. The van der Waals surface area contributed by atoms with E-state index in [2.05, 4.69) is 4.74 Å². The van der Waals surface area contributed by atoms with Crippen LogP contribution in [0.1, 0.15) is 70.6 Å². The molecular formula is C28H32F3NO5. The lowest BCUT2D eigenvalue weighted by Crippen LogP contribution is -2.43. The Balaban J connectivity index is 1.80. The SMILES string of the molecule is CCN1C(=O)OC(C)(C)c2cc(C)c(-c3cc(C4CC4C(=O)OC(C)(C)C)ccc3OC(F)(F)F)cc21. The molecule has 1 saturated carbocycles. The normalized spacial score (nSPS) is 20.7. The molecule has 2 aliphatic rings. The molecule has 0 saturated heterocycles. The number of aryl methyl sites for hydroxylation is 1. The maximum absolute atomic E-state index is 13.3. The molecule has 2 aromatic rings. The van der Waals surface area contributed by atoms with Crippen molar-refractivity contribution in [1.82, 2.24) is 0 Å². The summed E-state index contributed by atoms with van der Waals surface area (Å²) in [6.07, 6.45) is -4.85. The van der Waals surface area contributed by atoms with Crippen LogP contribution >= 0.6 is 0 Å². The minimum Gasteiger partial charge on any atom is -0.460 e. The van der Waals surface area contributed by atoms with Crippen molar-refractivity contribution in [3.05, 3.63) is 47.0 Å². The molecule has 0 radical (unpaired) electrons. The van der Waals surface area contributed by atoms with Gasteiger partial charge in [-0.25, -0.2) is 4.79 Å². The lowest BCUT2D eigenvalue weighted by molar-refractivity contribution is -0.274. The lowest BCUT2D eigenvalue weighted by Gasteiger charge is -2.38. The number of anilines is 1. The second-order valence-electron chi connectivity index (χ2n) is 11.1. The topological polar surface area (TPSA) is 65.1 Å². The molecule has 4 rings (SSSR count). The first-order valence-electron chi connectivity index (χ1n) is 12.3. The van der Waals surface area contributed by atoms with Crippen molar-refractivity contribution in [3.63, 3.8) is 0 Å². The molecule has 1 aliphatic carbocycles. The second-order valence-corrected chi connectivity index (χ2v) is 11.1. The van der Waals surface area contributed by atoms with E-state index in [9.17, 15) is 22.8 Å². The van der Waals surface area contributed by atoms with E-state index in [4.69, 9.17) is 9.47 Å². The van der Waals surface area contributed by atoms with Crippen LogP contribution in [0.15, 0.2) is 30.3 Å². The van der Waals surface area contributed by atoms with Gasteiger partial charge in [-0.2, -0.15) is 0 Å². The highest BCUT2D eigenvalue weighted by Crippen LogP contribution is 2.51. The monoisotopic (exact) mass is 519 g/mol. The number of benzene rings is 2. The van der Waals surface area contributed by atoms with Crippen molar-refractivity contribution in [3.8, 4) is 16.9 Å². The summed E-state index contributed by atoms with van der Waals surface area (Å²) in [4.78, 5) is 26.6. The van der Waals surface area contributed by atoms with Crippen LogP contribution in [-0.2, 0) is 19.9 Å². The number of rotatable bonds is 5. The van der Waals surface area contributed by atoms with E-state index in [1.54, 1.807) is 66.7 Å². The second kappa shape index (κ2) is 8.96. The number of hydrogen-bond donors (Lipinski definition) is 0. The van der Waals surface area contributed by atoms with Gasteiger partial charge in [0.05, 0.1) is 11.6 Å². The largest absolute Gasteiger partial charge is 0.573 e. The van der Waals surface area contributed by atoms with Gasteiger partial charge in [0.2, 0.25) is 0 Å². The number of cyclic esters (lactones) is 1. The van der Waals surface area contributed by atoms with E-state index in [0.717, 1.165) is 11.1 Å². The molecule has 9 heteroatoms.